The van der Waals surface area contributed by atoms with Crippen LogP contribution in [-0.4, -0.2) is 23.4 Å². The van der Waals surface area contributed by atoms with Crippen LogP contribution in [0.5, 0.6) is 0 Å². The second kappa shape index (κ2) is 4.67. The van der Waals surface area contributed by atoms with Crippen LogP contribution in [0.4, 0.5) is 0 Å². The normalized spacial score (nSPS) is 22.4. The van der Waals surface area contributed by atoms with Crippen LogP contribution >= 0.6 is 11.6 Å². The predicted octanol–water partition coefficient (Wildman–Crippen LogP) is 2.82. The second-order valence-corrected chi connectivity index (χ2v) is 5.87. The van der Waals surface area contributed by atoms with E-state index in [4.69, 9.17) is 11.6 Å². The number of aryl methyl sites for hydroxylation is 1. The molecular formula is C15H19ClO2. The molecule has 2 rings (SSSR count). The summed E-state index contributed by atoms with van der Waals surface area (Å²) >= 11 is 5.83. The molecule has 0 radical (unpaired) electrons. The molecule has 0 aliphatic heterocycles. The van der Waals surface area contributed by atoms with E-state index in [9.17, 15) is 9.90 Å². The summed E-state index contributed by atoms with van der Waals surface area (Å²) in [5, 5.41) is 9.46. The Morgan fingerprint density at radius 1 is 1.44 bits per heavy atom. The number of aliphatic hydroxyl groups is 1. The van der Waals surface area contributed by atoms with Gasteiger partial charge >= 0.3 is 0 Å². The molecule has 0 fully saturated rings. The van der Waals surface area contributed by atoms with Crippen LogP contribution in [0.1, 0.15) is 39.5 Å². The Hall–Kier alpha value is -0.860. The fourth-order valence-electron chi connectivity index (χ4n) is 2.97. The van der Waals surface area contributed by atoms with Crippen molar-refractivity contribution in [2.24, 2.45) is 5.41 Å². The van der Waals surface area contributed by atoms with Crippen LogP contribution in [0.3, 0.4) is 0 Å². The largest absolute Gasteiger partial charge is 0.395 e. The summed E-state index contributed by atoms with van der Waals surface area (Å²) in [7, 11) is 0. The fraction of sp³-hybridized carbons (Fsp3) is 0.533. The van der Waals surface area contributed by atoms with E-state index in [1.165, 1.54) is 11.1 Å². The maximum absolute atomic E-state index is 12.4. The van der Waals surface area contributed by atoms with Gasteiger partial charge in [0.15, 0.2) is 5.78 Å². The Morgan fingerprint density at radius 2 is 2.11 bits per heavy atom. The second-order valence-electron chi connectivity index (χ2n) is 5.49. The lowest BCUT2D eigenvalue weighted by Gasteiger charge is -2.17. The summed E-state index contributed by atoms with van der Waals surface area (Å²) in [6, 6.07) is 2.09. The predicted molar refractivity (Wildman–Crippen MR) is 73.6 cm³/mol. The molecule has 3 heteroatoms. The van der Waals surface area contributed by atoms with Crippen molar-refractivity contribution >= 4 is 17.4 Å². The standard InChI is InChI=1S/C15H19ClO2/c1-9-6-11-7-15(3,8-17)14(18)13(11)10(2)12(9)4-5-16/h6,17H,4-5,7-8H2,1-3H3/t15-/m1/s1. The van der Waals surface area contributed by atoms with Crippen LogP contribution in [-0.2, 0) is 12.8 Å². The van der Waals surface area contributed by atoms with Gasteiger partial charge in [-0.05, 0) is 55.9 Å². The summed E-state index contributed by atoms with van der Waals surface area (Å²) in [6.07, 6.45) is 1.43. The average molecular weight is 267 g/mol. The maximum Gasteiger partial charge on any atom is 0.171 e. The number of aliphatic hydroxyl groups excluding tert-OH is 1. The highest BCUT2D eigenvalue weighted by Crippen LogP contribution is 2.39. The van der Waals surface area contributed by atoms with Crippen molar-refractivity contribution in [2.45, 2.75) is 33.6 Å². The highest BCUT2D eigenvalue weighted by molar-refractivity contribution is 6.18. The number of Topliss-reactive ketones (excluding diaryl/α,β-unsaturated/α-hetero) is 1. The lowest BCUT2D eigenvalue weighted by molar-refractivity contribution is 0.0722. The summed E-state index contributed by atoms with van der Waals surface area (Å²) in [4.78, 5) is 12.4. The van der Waals surface area contributed by atoms with Gasteiger partial charge in [0.05, 0.1) is 12.0 Å². The molecule has 0 unspecified atom stereocenters. The van der Waals surface area contributed by atoms with Gasteiger partial charge in [-0.1, -0.05) is 6.07 Å². The number of hydrogen-bond donors (Lipinski definition) is 1. The topological polar surface area (TPSA) is 37.3 Å². The van der Waals surface area contributed by atoms with Gasteiger partial charge in [0.25, 0.3) is 0 Å². The monoisotopic (exact) mass is 266 g/mol. The third kappa shape index (κ3) is 1.88. The van der Waals surface area contributed by atoms with Crippen molar-refractivity contribution in [3.63, 3.8) is 0 Å². The van der Waals surface area contributed by atoms with E-state index in [1.54, 1.807) is 0 Å². The van der Waals surface area contributed by atoms with Crippen LogP contribution < -0.4 is 0 Å². The fourth-order valence-corrected chi connectivity index (χ4v) is 3.16. The van der Waals surface area contributed by atoms with Crippen molar-refractivity contribution in [3.8, 4) is 0 Å². The van der Waals surface area contributed by atoms with Gasteiger partial charge in [0, 0.05) is 11.4 Å². The van der Waals surface area contributed by atoms with Gasteiger partial charge in [-0.3, -0.25) is 4.79 Å². The minimum absolute atomic E-state index is 0.0772. The summed E-state index contributed by atoms with van der Waals surface area (Å²) in [5.74, 6) is 0.639. The molecule has 0 amide bonds. The van der Waals surface area contributed by atoms with Crippen molar-refractivity contribution in [3.05, 3.63) is 33.9 Å². The summed E-state index contributed by atoms with van der Waals surface area (Å²) in [5.41, 5.74) is 4.68. The molecule has 1 atom stereocenters. The molecule has 1 aromatic carbocycles. The van der Waals surface area contributed by atoms with Gasteiger partial charge in [-0.2, -0.15) is 0 Å². The number of benzene rings is 1. The first kappa shape index (κ1) is 13.6. The van der Waals surface area contributed by atoms with Crippen LogP contribution in [0.25, 0.3) is 0 Å². The van der Waals surface area contributed by atoms with Crippen molar-refractivity contribution in [2.75, 3.05) is 12.5 Å². The van der Waals surface area contributed by atoms with E-state index in [2.05, 4.69) is 13.0 Å². The number of halogens is 1. The molecule has 0 aromatic heterocycles. The molecule has 0 spiro atoms. The average Bonchev–Trinajstić information content (AvgIpc) is 2.58. The van der Waals surface area contributed by atoms with Gasteiger partial charge in [-0.25, -0.2) is 0 Å². The minimum atomic E-state index is -0.640. The SMILES string of the molecule is Cc1cc2c(c(C)c1CCCl)C(=O)[C@@](C)(CO)C2. The molecule has 0 saturated carbocycles. The number of fused-ring (bicyclic) bond motifs is 1. The van der Waals surface area contributed by atoms with Crippen LogP contribution in [0.15, 0.2) is 6.07 Å². The van der Waals surface area contributed by atoms with Gasteiger partial charge in [-0.15, -0.1) is 11.6 Å². The zero-order chi connectivity index (χ0) is 13.5. The van der Waals surface area contributed by atoms with E-state index in [-0.39, 0.29) is 12.4 Å². The molecule has 0 bridgehead atoms. The Labute approximate surface area is 113 Å². The highest BCUT2D eigenvalue weighted by Gasteiger charge is 2.42. The van der Waals surface area contributed by atoms with E-state index in [1.807, 2.05) is 13.8 Å². The van der Waals surface area contributed by atoms with Gasteiger partial charge in [0.2, 0.25) is 0 Å². The van der Waals surface area contributed by atoms with Crippen LogP contribution in [0.2, 0.25) is 0 Å². The highest BCUT2D eigenvalue weighted by atomic mass is 35.5. The number of rotatable bonds is 3. The van der Waals surface area contributed by atoms with Crippen LogP contribution in [0, 0.1) is 19.3 Å². The molecular weight excluding hydrogens is 248 g/mol. The van der Waals surface area contributed by atoms with E-state index < -0.39 is 5.41 Å². The minimum Gasteiger partial charge on any atom is -0.395 e. The third-order valence-electron chi connectivity index (χ3n) is 4.06. The number of hydrogen-bond acceptors (Lipinski definition) is 2. The first-order valence-corrected chi connectivity index (χ1v) is 6.81. The molecule has 1 aliphatic carbocycles. The molecule has 0 heterocycles. The van der Waals surface area contributed by atoms with E-state index in [0.717, 1.165) is 23.1 Å². The smallest absolute Gasteiger partial charge is 0.171 e. The van der Waals surface area contributed by atoms with Gasteiger partial charge < -0.3 is 5.11 Å². The lowest BCUT2D eigenvalue weighted by atomic mass is 9.86. The van der Waals surface area contributed by atoms with E-state index in [0.29, 0.717) is 12.3 Å². The third-order valence-corrected chi connectivity index (χ3v) is 4.25. The Bertz CT molecular complexity index is 508. The summed E-state index contributed by atoms with van der Waals surface area (Å²) in [6.45, 7) is 5.80. The first-order valence-electron chi connectivity index (χ1n) is 6.28. The molecule has 98 valence electrons. The number of carbonyl (C=O) groups is 1. The Balaban J connectivity index is 2.59. The molecule has 1 aliphatic rings. The molecule has 18 heavy (non-hydrogen) atoms. The molecule has 0 saturated heterocycles. The zero-order valence-corrected chi connectivity index (χ0v) is 11.9. The van der Waals surface area contributed by atoms with Crippen molar-refractivity contribution < 1.29 is 9.90 Å². The zero-order valence-electron chi connectivity index (χ0n) is 11.1. The quantitative estimate of drug-likeness (QED) is 0.855. The number of ketones is 1. The summed E-state index contributed by atoms with van der Waals surface area (Å²) < 4.78 is 0. The lowest BCUT2D eigenvalue weighted by Crippen LogP contribution is -2.28. The Morgan fingerprint density at radius 3 is 2.67 bits per heavy atom. The molecule has 2 nitrogen and oxygen atoms in total. The van der Waals surface area contributed by atoms with Gasteiger partial charge in [0.1, 0.15) is 0 Å². The first-order chi connectivity index (χ1) is 8.44. The van der Waals surface area contributed by atoms with Crippen molar-refractivity contribution in [1.29, 1.82) is 0 Å². The van der Waals surface area contributed by atoms with Crippen molar-refractivity contribution in [1.82, 2.24) is 0 Å². The number of alkyl halides is 1. The number of carbonyl (C=O) groups excluding carboxylic acids is 1. The molecule has 1 N–H and O–H groups in total. The molecule has 1 aromatic rings. The Kier molecular flexibility index (Phi) is 3.52. The van der Waals surface area contributed by atoms with E-state index >= 15 is 0 Å². The maximum atomic E-state index is 12.4.